The molecule has 0 radical (unpaired) electrons. The summed E-state index contributed by atoms with van der Waals surface area (Å²) in [5.74, 6) is 1.24. The Balaban J connectivity index is 1.47. The van der Waals surface area contributed by atoms with E-state index in [0.717, 1.165) is 36.5 Å². The highest BCUT2D eigenvalue weighted by Crippen LogP contribution is 2.36. The molecule has 0 aromatic heterocycles. The number of nitrogens with one attached hydrogen (secondary N) is 2. The summed E-state index contributed by atoms with van der Waals surface area (Å²) >= 11 is 0. The molecule has 7 nitrogen and oxygen atoms in total. The van der Waals surface area contributed by atoms with Crippen molar-refractivity contribution in [2.24, 2.45) is 4.99 Å². The van der Waals surface area contributed by atoms with Crippen molar-refractivity contribution in [1.29, 1.82) is 0 Å². The number of hydrogen-bond donors (Lipinski definition) is 2. The molecule has 3 rings (SSSR count). The van der Waals surface area contributed by atoms with Crippen molar-refractivity contribution in [3.05, 3.63) is 30.3 Å². The molecule has 1 aromatic carbocycles. The van der Waals surface area contributed by atoms with Gasteiger partial charge in [-0.2, -0.15) is 0 Å². The van der Waals surface area contributed by atoms with E-state index in [4.69, 9.17) is 4.74 Å². The standard InChI is InChI=1S/C22H34N4O3S/c1-22(2,3)29-21(27)26-17-10-11-18(26)15-16(14-17)25-20(23-4)24-12-13-30(28)19-8-6-5-7-9-19/h5-9,16-18H,10-15H2,1-4H3,(H2,23,24,25). The third-order valence-electron chi connectivity index (χ3n) is 5.49. The third kappa shape index (κ3) is 5.97. The predicted octanol–water partition coefficient (Wildman–Crippen LogP) is 2.89. The molecule has 1 amide bonds. The zero-order valence-corrected chi connectivity index (χ0v) is 19.2. The van der Waals surface area contributed by atoms with E-state index in [0.29, 0.717) is 12.3 Å². The molecule has 8 heteroatoms. The molecule has 3 unspecified atom stereocenters. The van der Waals surface area contributed by atoms with Crippen LogP contribution in [0.15, 0.2) is 40.2 Å². The van der Waals surface area contributed by atoms with E-state index in [1.165, 1.54) is 0 Å². The average molecular weight is 435 g/mol. The highest BCUT2D eigenvalue weighted by molar-refractivity contribution is 7.85. The van der Waals surface area contributed by atoms with Crippen LogP contribution in [0.4, 0.5) is 4.79 Å². The van der Waals surface area contributed by atoms with E-state index in [1.54, 1.807) is 7.05 Å². The van der Waals surface area contributed by atoms with Crippen molar-refractivity contribution in [2.45, 2.75) is 75.1 Å². The number of guanidine groups is 1. The quantitative estimate of drug-likeness (QED) is 0.550. The predicted molar refractivity (Wildman–Crippen MR) is 120 cm³/mol. The number of carbonyl (C=O) groups excluding carboxylic acids is 1. The molecule has 2 fully saturated rings. The number of aliphatic imine (C=N–C) groups is 1. The number of amides is 1. The number of hydrogen-bond acceptors (Lipinski definition) is 4. The second kappa shape index (κ2) is 9.81. The highest BCUT2D eigenvalue weighted by atomic mass is 32.2. The van der Waals surface area contributed by atoms with Gasteiger partial charge in [-0.05, 0) is 58.6 Å². The minimum Gasteiger partial charge on any atom is -0.444 e. The first-order valence-electron chi connectivity index (χ1n) is 10.7. The van der Waals surface area contributed by atoms with E-state index < -0.39 is 16.4 Å². The van der Waals surface area contributed by atoms with Gasteiger partial charge in [-0.3, -0.25) is 9.20 Å². The van der Waals surface area contributed by atoms with Gasteiger partial charge >= 0.3 is 6.09 Å². The molecule has 30 heavy (non-hydrogen) atoms. The van der Waals surface area contributed by atoms with Crippen molar-refractivity contribution in [3.8, 4) is 0 Å². The number of nitrogens with zero attached hydrogens (tertiary/aromatic N) is 2. The molecule has 3 atom stereocenters. The zero-order chi connectivity index (χ0) is 21.7. The van der Waals surface area contributed by atoms with Crippen LogP contribution in [0.25, 0.3) is 0 Å². The van der Waals surface area contributed by atoms with Gasteiger partial charge in [0.05, 0.1) is 10.8 Å². The summed E-state index contributed by atoms with van der Waals surface area (Å²) in [5, 5.41) is 6.76. The highest BCUT2D eigenvalue weighted by Gasteiger charge is 2.45. The van der Waals surface area contributed by atoms with Gasteiger partial charge in [0, 0.05) is 42.4 Å². The van der Waals surface area contributed by atoms with Crippen LogP contribution in [0.2, 0.25) is 0 Å². The summed E-state index contributed by atoms with van der Waals surface area (Å²) in [6, 6.07) is 10.2. The molecule has 0 aliphatic carbocycles. The molecule has 2 aliphatic heterocycles. The van der Waals surface area contributed by atoms with Gasteiger partial charge in [0.15, 0.2) is 5.96 Å². The fourth-order valence-corrected chi connectivity index (χ4v) is 5.23. The van der Waals surface area contributed by atoms with Crippen molar-refractivity contribution < 1.29 is 13.7 Å². The van der Waals surface area contributed by atoms with Crippen molar-refractivity contribution in [2.75, 3.05) is 19.3 Å². The molecule has 0 saturated carbocycles. The fourth-order valence-electron chi connectivity index (χ4n) is 4.25. The summed E-state index contributed by atoms with van der Waals surface area (Å²) in [5.41, 5.74) is -0.475. The van der Waals surface area contributed by atoms with Gasteiger partial charge in [-0.1, -0.05) is 18.2 Å². The van der Waals surface area contributed by atoms with Crippen molar-refractivity contribution in [1.82, 2.24) is 15.5 Å². The first-order chi connectivity index (χ1) is 14.3. The maximum atomic E-state index is 12.6. The van der Waals surface area contributed by atoms with Gasteiger partial charge in [0.25, 0.3) is 0 Å². The monoisotopic (exact) mass is 434 g/mol. The first kappa shape index (κ1) is 22.6. The Hall–Kier alpha value is -2.09. The van der Waals surface area contributed by atoms with Gasteiger partial charge in [0.2, 0.25) is 0 Å². The number of carbonyl (C=O) groups is 1. The summed E-state index contributed by atoms with van der Waals surface area (Å²) < 4.78 is 18.0. The Labute approximate surface area is 182 Å². The molecule has 1 aromatic rings. The van der Waals surface area contributed by atoms with Gasteiger partial charge in [0.1, 0.15) is 5.60 Å². The first-order valence-corrected chi connectivity index (χ1v) is 12.0. The number of benzene rings is 1. The lowest BCUT2D eigenvalue weighted by Gasteiger charge is -2.40. The SMILES string of the molecule is CN=C(NCCS(=O)c1ccccc1)NC1CC2CCC(C1)N2C(=O)OC(C)(C)C. The van der Waals surface area contributed by atoms with Crippen LogP contribution in [0, 0.1) is 0 Å². The minimum atomic E-state index is -1.03. The van der Waals surface area contributed by atoms with E-state index in [-0.39, 0.29) is 24.2 Å². The molecular weight excluding hydrogens is 400 g/mol. The second-order valence-corrected chi connectivity index (χ2v) is 10.5. The lowest BCUT2D eigenvalue weighted by Crippen LogP contribution is -2.55. The van der Waals surface area contributed by atoms with Crippen LogP contribution in [-0.2, 0) is 15.5 Å². The second-order valence-electron chi connectivity index (χ2n) is 8.95. The molecule has 2 heterocycles. The molecule has 2 saturated heterocycles. The maximum Gasteiger partial charge on any atom is 0.410 e. The zero-order valence-electron chi connectivity index (χ0n) is 18.4. The Bertz CT molecular complexity index is 764. The van der Waals surface area contributed by atoms with Crippen LogP contribution >= 0.6 is 0 Å². The topological polar surface area (TPSA) is 83.0 Å². The Morgan fingerprint density at radius 2 is 1.83 bits per heavy atom. The largest absolute Gasteiger partial charge is 0.444 e. The van der Waals surface area contributed by atoms with Crippen molar-refractivity contribution >= 4 is 22.9 Å². The lowest BCUT2D eigenvalue weighted by atomic mass is 9.98. The number of fused-ring (bicyclic) bond motifs is 2. The van der Waals surface area contributed by atoms with Crippen molar-refractivity contribution in [3.63, 3.8) is 0 Å². The smallest absolute Gasteiger partial charge is 0.410 e. The van der Waals surface area contributed by atoms with E-state index >= 15 is 0 Å². The number of piperidine rings is 1. The van der Waals surface area contributed by atoms with Gasteiger partial charge in [-0.25, -0.2) is 4.79 Å². The van der Waals surface area contributed by atoms with Gasteiger partial charge < -0.3 is 20.3 Å². The molecule has 2 N–H and O–H groups in total. The molecular formula is C22H34N4O3S. The maximum absolute atomic E-state index is 12.6. The fraction of sp³-hybridized carbons (Fsp3) is 0.636. The average Bonchev–Trinajstić information content (AvgIpc) is 2.97. The van der Waals surface area contributed by atoms with E-state index in [1.807, 2.05) is 56.0 Å². The summed E-state index contributed by atoms with van der Waals surface area (Å²) in [4.78, 5) is 19.7. The third-order valence-corrected chi connectivity index (χ3v) is 6.86. The number of rotatable bonds is 5. The van der Waals surface area contributed by atoms with Crippen LogP contribution < -0.4 is 10.6 Å². The van der Waals surface area contributed by atoms with E-state index in [9.17, 15) is 9.00 Å². The van der Waals surface area contributed by atoms with Crippen LogP contribution in [0.3, 0.4) is 0 Å². The Kier molecular flexibility index (Phi) is 7.39. The molecule has 2 aliphatic rings. The summed E-state index contributed by atoms with van der Waals surface area (Å²) in [6.07, 6.45) is 3.60. The summed E-state index contributed by atoms with van der Waals surface area (Å²) in [7, 11) is 0.712. The Morgan fingerprint density at radius 1 is 1.20 bits per heavy atom. The Morgan fingerprint density at radius 3 is 2.40 bits per heavy atom. The molecule has 0 spiro atoms. The minimum absolute atomic E-state index is 0.195. The molecule has 2 bridgehead atoms. The lowest BCUT2D eigenvalue weighted by molar-refractivity contribution is 0.00545. The van der Waals surface area contributed by atoms with Crippen LogP contribution in [0.5, 0.6) is 0 Å². The normalized spacial score (nSPS) is 25.0. The summed E-state index contributed by atoms with van der Waals surface area (Å²) in [6.45, 7) is 6.29. The van der Waals surface area contributed by atoms with E-state index in [2.05, 4.69) is 15.6 Å². The molecule has 166 valence electrons. The number of ether oxygens (including phenoxy) is 1. The van der Waals surface area contributed by atoms with Crippen LogP contribution in [0.1, 0.15) is 46.5 Å². The van der Waals surface area contributed by atoms with Crippen LogP contribution in [-0.4, -0.2) is 64.2 Å². The van der Waals surface area contributed by atoms with Gasteiger partial charge in [-0.15, -0.1) is 0 Å².